The van der Waals surface area contributed by atoms with Crippen LogP contribution in [0.4, 0.5) is 13.2 Å². The zero-order valence-corrected chi connectivity index (χ0v) is 12.6. The lowest BCUT2D eigenvalue weighted by Crippen LogP contribution is -2.33. The molecule has 9 heteroatoms. The summed E-state index contributed by atoms with van der Waals surface area (Å²) in [5, 5.41) is 6.30. The fourth-order valence-electron chi connectivity index (χ4n) is 1.54. The van der Waals surface area contributed by atoms with E-state index in [0.717, 1.165) is 17.5 Å². The monoisotopic (exact) mass is 389 g/mol. The van der Waals surface area contributed by atoms with Crippen molar-refractivity contribution >= 4 is 29.9 Å². The van der Waals surface area contributed by atoms with Gasteiger partial charge in [0.25, 0.3) is 0 Å². The van der Waals surface area contributed by atoms with Crippen molar-refractivity contribution in [2.24, 2.45) is 17.8 Å². The van der Waals surface area contributed by atoms with Crippen LogP contribution in [0.5, 0.6) is 0 Å². The van der Waals surface area contributed by atoms with E-state index in [2.05, 4.69) is 15.4 Å². The van der Waals surface area contributed by atoms with Crippen molar-refractivity contribution in [3.05, 3.63) is 17.5 Å². The molecule has 1 aliphatic rings. The number of halogens is 4. The summed E-state index contributed by atoms with van der Waals surface area (Å²) in [4.78, 5) is 3.89. The highest BCUT2D eigenvalue weighted by Gasteiger charge is 2.36. The van der Waals surface area contributed by atoms with E-state index in [1.807, 2.05) is 0 Å². The van der Waals surface area contributed by atoms with Gasteiger partial charge in [0.15, 0.2) is 11.7 Å². The van der Waals surface area contributed by atoms with E-state index >= 15 is 0 Å². The molecule has 1 fully saturated rings. The molecule has 1 aliphatic carbocycles. The van der Waals surface area contributed by atoms with Gasteiger partial charge in [0.2, 0.25) is 0 Å². The number of nitrogens with two attached hydrogens (primary N) is 1. The van der Waals surface area contributed by atoms with Crippen LogP contribution < -0.4 is 11.1 Å². The standard InChI is InChI=1S/C10H14F3N5.HI/c1-18-5-6(8(17-18)10(11,12)13)4-15-9(14)16-7-2-3-7;/h5,7H,2-4H2,1H3,(H3,14,15,16);1H. The summed E-state index contributed by atoms with van der Waals surface area (Å²) >= 11 is 0. The Balaban J connectivity index is 0.00000180. The maximum Gasteiger partial charge on any atom is 0.435 e. The Morgan fingerprint density at radius 2 is 2.21 bits per heavy atom. The predicted molar refractivity (Wildman–Crippen MR) is 75.1 cm³/mol. The van der Waals surface area contributed by atoms with Gasteiger partial charge in [-0.2, -0.15) is 18.3 Å². The molecule has 0 atom stereocenters. The Hall–Kier alpha value is -1.00. The number of hydrogen-bond donors (Lipinski definition) is 2. The molecule has 0 unspecified atom stereocenters. The minimum atomic E-state index is -4.47. The average molecular weight is 389 g/mol. The van der Waals surface area contributed by atoms with Crippen molar-refractivity contribution in [2.75, 3.05) is 0 Å². The Labute approximate surface area is 125 Å². The van der Waals surface area contributed by atoms with Crippen molar-refractivity contribution < 1.29 is 13.2 Å². The van der Waals surface area contributed by atoms with Gasteiger partial charge in [0, 0.05) is 24.8 Å². The molecule has 0 aromatic carbocycles. The van der Waals surface area contributed by atoms with Gasteiger partial charge in [-0.1, -0.05) is 0 Å². The summed E-state index contributed by atoms with van der Waals surface area (Å²) in [6.07, 6.45) is -1.12. The van der Waals surface area contributed by atoms with Crippen molar-refractivity contribution in [2.45, 2.75) is 31.6 Å². The fraction of sp³-hybridized carbons (Fsp3) is 0.600. The van der Waals surface area contributed by atoms with Crippen LogP contribution in [0.1, 0.15) is 24.1 Å². The van der Waals surface area contributed by atoms with Crippen LogP contribution in [0.2, 0.25) is 0 Å². The zero-order chi connectivity index (χ0) is 13.3. The van der Waals surface area contributed by atoms with Gasteiger partial charge in [-0.3, -0.25) is 4.68 Å². The predicted octanol–water partition coefficient (Wildman–Crippen LogP) is 1.62. The first-order valence-corrected chi connectivity index (χ1v) is 5.52. The van der Waals surface area contributed by atoms with E-state index in [0.29, 0.717) is 6.04 Å². The molecule has 1 saturated carbocycles. The fourth-order valence-corrected chi connectivity index (χ4v) is 1.54. The summed E-state index contributed by atoms with van der Waals surface area (Å²) in [5.74, 6) is 0.175. The van der Waals surface area contributed by atoms with Gasteiger partial charge >= 0.3 is 6.18 Å². The van der Waals surface area contributed by atoms with Gasteiger partial charge in [0.05, 0.1) is 6.54 Å². The van der Waals surface area contributed by atoms with Crippen LogP contribution in [-0.4, -0.2) is 21.8 Å². The highest BCUT2D eigenvalue weighted by Crippen LogP contribution is 2.30. The molecule has 0 spiro atoms. The zero-order valence-electron chi connectivity index (χ0n) is 10.2. The van der Waals surface area contributed by atoms with Gasteiger partial charge in [-0.25, -0.2) is 4.99 Å². The molecule has 0 amide bonds. The van der Waals surface area contributed by atoms with Crippen LogP contribution in [0.25, 0.3) is 0 Å². The number of alkyl halides is 3. The van der Waals surface area contributed by atoms with Crippen LogP contribution in [-0.2, 0) is 19.8 Å². The van der Waals surface area contributed by atoms with E-state index in [1.165, 1.54) is 13.2 Å². The highest BCUT2D eigenvalue weighted by molar-refractivity contribution is 14.0. The Kier molecular flexibility index (Phi) is 5.04. The van der Waals surface area contributed by atoms with Crippen molar-refractivity contribution in [3.8, 4) is 0 Å². The van der Waals surface area contributed by atoms with Crippen molar-refractivity contribution in [1.29, 1.82) is 0 Å². The number of hydrogen-bond acceptors (Lipinski definition) is 2. The number of rotatable bonds is 3. The Bertz CT molecular complexity index is 464. The quantitative estimate of drug-likeness (QED) is 0.469. The lowest BCUT2D eigenvalue weighted by atomic mass is 10.2. The molecule has 108 valence electrons. The van der Waals surface area contributed by atoms with E-state index in [4.69, 9.17) is 5.73 Å². The molecule has 19 heavy (non-hydrogen) atoms. The number of nitrogens with one attached hydrogen (secondary N) is 1. The first-order valence-electron chi connectivity index (χ1n) is 5.52. The number of aliphatic imine (C=N–C) groups is 1. The molecule has 2 rings (SSSR count). The largest absolute Gasteiger partial charge is 0.435 e. The summed E-state index contributed by atoms with van der Waals surface area (Å²) in [6, 6.07) is 0.324. The second kappa shape index (κ2) is 5.97. The van der Waals surface area contributed by atoms with Crippen LogP contribution in [0.3, 0.4) is 0 Å². The van der Waals surface area contributed by atoms with Crippen LogP contribution in [0.15, 0.2) is 11.2 Å². The van der Waals surface area contributed by atoms with Crippen molar-refractivity contribution in [3.63, 3.8) is 0 Å². The molecule has 3 N–H and O–H groups in total. The van der Waals surface area contributed by atoms with Gasteiger partial charge in [-0.05, 0) is 12.8 Å². The number of guanidine groups is 1. The third-order valence-electron chi connectivity index (χ3n) is 2.52. The summed E-state index contributed by atoms with van der Waals surface area (Å²) in [5.41, 5.74) is 4.67. The minimum Gasteiger partial charge on any atom is -0.370 e. The van der Waals surface area contributed by atoms with Gasteiger partial charge in [-0.15, -0.1) is 24.0 Å². The van der Waals surface area contributed by atoms with Crippen LogP contribution in [0, 0.1) is 0 Å². The van der Waals surface area contributed by atoms with Crippen LogP contribution >= 0.6 is 24.0 Å². The highest BCUT2D eigenvalue weighted by atomic mass is 127. The van der Waals surface area contributed by atoms with Gasteiger partial charge in [0.1, 0.15) is 0 Å². The SMILES string of the molecule is Cn1cc(CN=C(N)NC2CC2)c(C(F)(F)F)n1.I. The summed E-state index contributed by atoms with van der Waals surface area (Å²) in [6.45, 7) is -0.131. The Morgan fingerprint density at radius 3 is 2.74 bits per heavy atom. The maximum atomic E-state index is 12.6. The van der Waals surface area contributed by atoms with Gasteiger partial charge < -0.3 is 11.1 Å². The molecule has 0 bridgehead atoms. The number of aromatic nitrogens is 2. The van der Waals surface area contributed by atoms with E-state index in [1.54, 1.807) is 0 Å². The minimum absolute atomic E-state index is 0. The molecule has 0 saturated heterocycles. The first-order chi connectivity index (χ1) is 8.36. The van der Waals surface area contributed by atoms with Crippen molar-refractivity contribution in [1.82, 2.24) is 15.1 Å². The molecule has 1 aromatic rings. The van der Waals surface area contributed by atoms with E-state index in [-0.39, 0.29) is 42.0 Å². The summed E-state index contributed by atoms with van der Waals surface area (Å²) < 4.78 is 39.0. The first kappa shape index (κ1) is 16.1. The second-order valence-electron chi connectivity index (χ2n) is 4.29. The van der Waals surface area contributed by atoms with E-state index in [9.17, 15) is 13.2 Å². The van der Waals surface area contributed by atoms with E-state index < -0.39 is 11.9 Å². The molecule has 1 heterocycles. The third-order valence-corrected chi connectivity index (χ3v) is 2.52. The smallest absolute Gasteiger partial charge is 0.370 e. The number of aryl methyl sites for hydroxylation is 1. The number of nitrogens with zero attached hydrogens (tertiary/aromatic N) is 3. The lowest BCUT2D eigenvalue weighted by molar-refractivity contribution is -0.142. The normalized spacial score (nSPS) is 16.1. The molecule has 1 aromatic heterocycles. The molecule has 5 nitrogen and oxygen atoms in total. The maximum absolute atomic E-state index is 12.6. The molecule has 0 aliphatic heterocycles. The average Bonchev–Trinajstić information content (AvgIpc) is 2.95. The third kappa shape index (κ3) is 4.55. The second-order valence-corrected chi connectivity index (χ2v) is 4.29. The summed E-state index contributed by atoms with van der Waals surface area (Å²) in [7, 11) is 1.44. The molecule has 0 radical (unpaired) electrons. The molecular formula is C10H15F3IN5. The Morgan fingerprint density at radius 1 is 1.58 bits per heavy atom. The molecular weight excluding hydrogens is 374 g/mol. The lowest BCUT2D eigenvalue weighted by Gasteiger charge is -2.05. The topological polar surface area (TPSA) is 68.2 Å².